The molecular formula is C28H24Cl2N2O4S2. The van der Waals surface area contributed by atoms with E-state index in [0.29, 0.717) is 43.1 Å². The number of thioether (sulfide) groups is 1. The fourth-order valence-corrected chi connectivity index (χ4v) is 5.64. The predicted molar refractivity (Wildman–Crippen MR) is 158 cm³/mol. The number of nitrogens with zero attached hydrogens (tertiary/aromatic N) is 1. The van der Waals surface area contributed by atoms with E-state index in [1.54, 1.807) is 47.4 Å². The van der Waals surface area contributed by atoms with Gasteiger partial charge in [0.25, 0.3) is 11.8 Å². The minimum Gasteiger partial charge on any atom is -0.490 e. The van der Waals surface area contributed by atoms with Gasteiger partial charge in [-0.3, -0.25) is 14.5 Å². The number of carbonyl (C=O) groups excluding carboxylic acids is 2. The summed E-state index contributed by atoms with van der Waals surface area (Å²) in [6.07, 6.45) is 1.78. The summed E-state index contributed by atoms with van der Waals surface area (Å²) in [5, 5.41) is 3.49. The molecule has 1 saturated heterocycles. The molecule has 196 valence electrons. The summed E-state index contributed by atoms with van der Waals surface area (Å²) in [4.78, 5) is 27.8. The Morgan fingerprint density at radius 2 is 1.84 bits per heavy atom. The largest absolute Gasteiger partial charge is 0.490 e. The molecule has 0 bridgehead atoms. The Bertz CT molecular complexity index is 1400. The van der Waals surface area contributed by atoms with Crippen LogP contribution in [0, 0.1) is 0 Å². The first-order valence-corrected chi connectivity index (χ1v) is 13.7. The van der Waals surface area contributed by atoms with Crippen LogP contribution in [0.2, 0.25) is 10.0 Å². The maximum atomic E-state index is 13.2. The quantitative estimate of drug-likeness (QED) is 0.208. The van der Waals surface area contributed by atoms with E-state index in [-0.39, 0.29) is 18.6 Å². The highest BCUT2D eigenvalue weighted by Crippen LogP contribution is 2.39. The number of nitrogens with one attached hydrogen (secondary N) is 1. The van der Waals surface area contributed by atoms with Crippen molar-refractivity contribution in [3.05, 3.63) is 92.8 Å². The number of benzene rings is 3. The van der Waals surface area contributed by atoms with Gasteiger partial charge in [0.15, 0.2) is 18.1 Å². The molecule has 1 aliphatic heterocycles. The SMILES string of the molecule is CCOc1cc(/C=C2\SC(=S)N([C@@H](C)c3ccccc3)C2=O)ccc1OCC(=O)Nc1ccc(Cl)cc1Cl. The molecule has 38 heavy (non-hydrogen) atoms. The number of hydrogen-bond acceptors (Lipinski definition) is 6. The fourth-order valence-electron chi connectivity index (χ4n) is 3.77. The second-order valence-corrected chi connectivity index (χ2v) is 10.8. The zero-order valence-corrected chi connectivity index (χ0v) is 23.7. The number of halogens is 2. The third-order valence-corrected chi connectivity index (χ3v) is 7.50. The van der Waals surface area contributed by atoms with Gasteiger partial charge in [-0.2, -0.15) is 0 Å². The van der Waals surface area contributed by atoms with Crippen LogP contribution in [0.1, 0.15) is 31.0 Å². The lowest BCUT2D eigenvalue weighted by atomic mass is 10.1. The highest BCUT2D eigenvalue weighted by atomic mass is 35.5. The standard InChI is InChI=1S/C28H24Cl2N2O4S2/c1-3-35-24-13-18(9-12-23(24)36-16-26(33)31-22-11-10-20(29)15-21(22)30)14-25-27(34)32(28(37)38-25)17(2)19-7-5-4-6-8-19/h4-15,17H,3,16H2,1-2H3,(H,31,33)/b25-14-/t17-/m0/s1. The first kappa shape index (κ1) is 28.0. The Hall–Kier alpha value is -3.04. The lowest BCUT2D eigenvalue weighted by Gasteiger charge is -2.23. The van der Waals surface area contributed by atoms with E-state index in [1.807, 2.05) is 44.2 Å². The number of rotatable bonds is 9. The van der Waals surface area contributed by atoms with Crippen LogP contribution in [-0.2, 0) is 9.59 Å². The van der Waals surface area contributed by atoms with E-state index >= 15 is 0 Å². The number of thiocarbonyl (C=S) groups is 1. The molecular weight excluding hydrogens is 563 g/mol. The number of carbonyl (C=O) groups is 2. The average molecular weight is 588 g/mol. The molecule has 3 aromatic rings. The molecule has 0 saturated carbocycles. The molecule has 1 aliphatic rings. The highest BCUT2D eigenvalue weighted by Gasteiger charge is 2.35. The molecule has 4 rings (SSSR count). The molecule has 1 atom stereocenters. The van der Waals surface area contributed by atoms with Crippen molar-refractivity contribution in [1.82, 2.24) is 4.90 Å². The molecule has 0 unspecified atom stereocenters. The van der Waals surface area contributed by atoms with Gasteiger partial charge in [0, 0.05) is 5.02 Å². The van der Waals surface area contributed by atoms with Crippen LogP contribution in [0.4, 0.5) is 5.69 Å². The zero-order valence-electron chi connectivity index (χ0n) is 20.6. The van der Waals surface area contributed by atoms with E-state index < -0.39 is 5.91 Å². The first-order chi connectivity index (χ1) is 18.3. The summed E-state index contributed by atoms with van der Waals surface area (Å²) >= 11 is 18.8. The summed E-state index contributed by atoms with van der Waals surface area (Å²) in [5.74, 6) is 0.308. The van der Waals surface area contributed by atoms with Crippen molar-refractivity contribution in [3.8, 4) is 11.5 Å². The van der Waals surface area contributed by atoms with Crippen molar-refractivity contribution in [1.29, 1.82) is 0 Å². The van der Waals surface area contributed by atoms with Gasteiger partial charge in [-0.1, -0.05) is 83.6 Å². The van der Waals surface area contributed by atoms with Gasteiger partial charge in [-0.25, -0.2) is 0 Å². The van der Waals surface area contributed by atoms with E-state index in [4.69, 9.17) is 44.9 Å². The topological polar surface area (TPSA) is 67.9 Å². The van der Waals surface area contributed by atoms with Gasteiger partial charge < -0.3 is 14.8 Å². The maximum absolute atomic E-state index is 13.2. The number of amides is 2. The zero-order chi connectivity index (χ0) is 27.2. The Morgan fingerprint density at radius 3 is 2.55 bits per heavy atom. The summed E-state index contributed by atoms with van der Waals surface area (Å²) in [6, 6.07) is 19.6. The molecule has 2 amide bonds. The van der Waals surface area contributed by atoms with Crippen molar-refractivity contribution in [2.75, 3.05) is 18.5 Å². The average Bonchev–Trinajstić information content (AvgIpc) is 3.17. The van der Waals surface area contributed by atoms with Gasteiger partial charge in [0.2, 0.25) is 0 Å². The molecule has 1 N–H and O–H groups in total. The van der Waals surface area contributed by atoms with Crippen LogP contribution in [0.3, 0.4) is 0 Å². The van der Waals surface area contributed by atoms with Crippen LogP contribution in [0.25, 0.3) is 6.08 Å². The van der Waals surface area contributed by atoms with Crippen molar-refractivity contribution in [2.24, 2.45) is 0 Å². The third-order valence-electron chi connectivity index (χ3n) is 5.62. The molecule has 3 aromatic carbocycles. The minimum atomic E-state index is -0.392. The summed E-state index contributed by atoms with van der Waals surface area (Å²) in [5.41, 5.74) is 2.18. The van der Waals surface area contributed by atoms with E-state index in [2.05, 4.69) is 5.32 Å². The molecule has 1 heterocycles. The van der Waals surface area contributed by atoms with Crippen molar-refractivity contribution >= 4 is 75.1 Å². The van der Waals surface area contributed by atoms with Gasteiger partial charge >= 0.3 is 0 Å². The van der Waals surface area contributed by atoms with Gasteiger partial charge in [-0.05, 0) is 61.4 Å². The lowest BCUT2D eigenvalue weighted by molar-refractivity contribution is -0.123. The molecule has 1 fully saturated rings. The second kappa shape index (κ2) is 12.7. The van der Waals surface area contributed by atoms with Gasteiger partial charge in [0.1, 0.15) is 4.32 Å². The summed E-state index contributed by atoms with van der Waals surface area (Å²) in [7, 11) is 0. The monoisotopic (exact) mass is 586 g/mol. The smallest absolute Gasteiger partial charge is 0.266 e. The van der Waals surface area contributed by atoms with E-state index in [0.717, 1.165) is 11.1 Å². The Kier molecular flexibility index (Phi) is 9.33. The van der Waals surface area contributed by atoms with Crippen LogP contribution >= 0.6 is 47.2 Å². The van der Waals surface area contributed by atoms with Crippen LogP contribution in [-0.4, -0.2) is 34.2 Å². The van der Waals surface area contributed by atoms with Crippen LogP contribution in [0.5, 0.6) is 11.5 Å². The maximum Gasteiger partial charge on any atom is 0.266 e. The highest BCUT2D eigenvalue weighted by molar-refractivity contribution is 8.26. The predicted octanol–water partition coefficient (Wildman–Crippen LogP) is 7.37. The van der Waals surface area contributed by atoms with Crippen molar-refractivity contribution in [3.63, 3.8) is 0 Å². The Balaban J connectivity index is 1.46. The summed E-state index contributed by atoms with van der Waals surface area (Å²) < 4.78 is 12.0. The van der Waals surface area contributed by atoms with Crippen molar-refractivity contribution in [2.45, 2.75) is 19.9 Å². The summed E-state index contributed by atoms with van der Waals surface area (Å²) in [6.45, 7) is 3.94. The van der Waals surface area contributed by atoms with Crippen LogP contribution in [0.15, 0.2) is 71.6 Å². The molecule has 6 nitrogen and oxygen atoms in total. The molecule has 0 radical (unpaired) electrons. The molecule has 10 heteroatoms. The molecule has 0 spiro atoms. The molecule has 0 aromatic heterocycles. The first-order valence-electron chi connectivity index (χ1n) is 11.7. The minimum absolute atomic E-state index is 0.146. The van der Waals surface area contributed by atoms with E-state index in [1.165, 1.54) is 11.8 Å². The number of anilines is 1. The normalized spacial score (nSPS) is 15.1. The third kappa shape index (κ3) is 6.69. The lowest BCUT2D eigenvalue weighted by Crippen LogP contribution is -2.30. The number of ether oxygens (including phenoxy) is 2. The fraction of sp³-hybridized carbons (Fsp3) is 0.179. The van der Waals surface area contributed by atoms with Gasteiger partial charge in [0.05, 0.1) is 28.3 Å². The Morgan fingerprint density at radius 1 is 1.08 bits per heavy atom. The van der Waals surface area contributed by atoms with Crippen molar-refractivity contribution < 1.29 is 19.1 Å². The Labute approximate surface area is 240 Å². The molecule has 0 aliphatic carbocycles. The van der Waals surface area contributed by atoms with Crippen LogP contribution < -0.4 is 14.8 Å². The number of hydrogen-bond donors (Lipinski definition) is 1. The van der Waals surface area contributed by atoms with E-state index in [9.17, 15) is 9.59 Å². The van der Waals surface area contributed by atoms with Gasteiger partial charge in [-0.15, -0.1) is 0 Å². The second-order valence-electron chi connectivity index (χ2n) is 8.24.